The summed E-state index contributed by atoms with van der Waals surface area (Å²) in [5.74, 6) is 4.17. The van der Waals surface area contributed by atoms with Crippen molar-refractivity contribution in [3.8, 4) is 11.8 Å². The van der Waals surface area contributed by atoms with Gasteiger partial charge in [-0.2, -0.15) is 0 Å². The summed E-state index contributed by atoms with van der Waals surface area (Å²) in [7, 11) is 0. The number of carbonyl (C=O) groups is 2. The Balaban J connectivity index is 4.45. The van der Waals surface area contributed by atoms with Gasteiger partial charge in [0.15, 0.2) is 0 Å². The predicted octanol–water partition coefficient (Wildman–Crippen LogP) is 0.810. The topological polar surface area (TPSA) is 46.6 Å². The zero-order valence-corrected chi connectivity index (χ0v) is 9.66. The highest BCUT2D eigenvalue weighted by atomic mass is 16.5. The summed E-state index contributed by atoms with van der Waals surface area (Å²) in [5, 5.41) is 0. The Labute approximate surface area is 90.6 Å². The number of rotatable bonds is 4. The molecular weight excluding hydrogens is 194 g/mol. The lowest BCUT2D eigenvalue weighted by atomic mass is 10.3. The Hall–Kier alpha value is -1.50. The summed E-state index contributed by atoms with van der Waals surface area (Å²) in [4.78, 5) is 24.1. The lowest BCUT2D eigenvalue weighted by Gasteiger charge is -2.23. The first-order valence-corrected chi connectivity index (χ1v) is 4.91. The van der Waals surface area contributed by atoms with Crippen molar-refractivity contribution in [2.75, 3.05) is 13.2 Å². The van der Waals surface area contributed by atoms with Crippen molar-refractivity contribution in [2.24, 2.45) is 0 Å². The van der Waals surface area contributed by atoms with Crippen molar-refractivity contribution in [3.05, 3.63) is 0 Å². The Morgan fingerprint density at radius 3 is 2.40 bits per heavy atom. The first kappa shape index (κ1) is 13.5. The average molecular weight is 211 g/mol. The van der Waals surface area contributed by atoms with Crippen LogP contribution in [0.15, 0.2) is 0 Å². The highest BCUT2D eigenvalue weighted by Crippen LogP contribution is 1.99. The minimum Gasteiger partial charge on any atom is -0.465 e. The second kappa shape index (κ2) is 6.88. The van der Waals surface area contributed by atoms with Gasteiger partial charge in [0.2, 0.25) is 0 Å². The molecule has 4 heteroatoms. The Bertz CT molecular complexity index is 286. The molecule has 0 aliphatic rings. The molecule has 0 aromatic carbocycles. The summed E-state index contributed by atoms with van der Waals surface area (Å²) < 4.78 is 4.77. The van der Waals surface area contributed by atoms with Crippen molar-refractivity contribution in [2.45, 2.75) is 33.7 Å². The molecule has 0 rings (SSSR count). The summed E-state index contributed by atoms with van der Waals surface area (Å²) in [6.45, 7) is 7.24. The molecule has 0 unspecified atom stereocenters. The maximum absolute atomic E-state index is 11.5. The molecule has 0 N–H and O–H groups in total. The summed E-state index contributed by atoms with van der Waals surface area (Å²) in [5.41, 5.74) is 0. The molecule has 0 aromatic heterocycles. The van der Waals surface area contributed by atoms with E-state index in [1.54, 1.807) is 13.8 Å². The normalized spacial score (nSPS) is 9.13. The lowest BCUT2D eigenvalue weighted by Crippen LogP contribution is -2.40. The number of ether oxygens (including phenoxy) is 1. The van der Waals surface area contributed by atoms with Crippen LogP contribution < -0.4 is 0 Å². The quantitative estimate of drug-likeness (QED) is 0.510. The van der Waals surface area contributed by atoms with Crippen LogP contribution in [0.3, 0.4) is 0 Å². The molecule has 0 atom stereocenters. The van der Waals surface area contributed by atoms with Gasteiger partial charge in [0, 0.05) is 6.04 Å². The highest BCUT2D eigenvalue weighted by Gasteiger charge is 2.18. The molecule has 0 spiro atoms. The maximum atomic E-state index is 11.5. The molecule has 0 radical (unpaired) electrons. The average Bonchev–Trinajstić information content (AvgIpc) is 2.14. The van der Waals surface area contributed by atoms with Crippen LogP contribution in [0.25, 0.3) is 0 Å². The molecule has 0 heterocycles. The number of carbonyl (C=O) groups excluding carboxylic acids is 2. The predicted molar refractivity (Wildman–Crippen MR) is 56.9 cm³/mol. The molecule has 0 saturated heterocycles. The smallest absolute Gasteiger partial charge is 0.325 e. The van der Waals surface area contributed by atoms with E-state index in [0.29, 0.717) is 6.61 Å². The molecule has 4 nitrogen and oxygen atoms in total. The largest absolute Gasteiger partial charge is 0.465 e. The van der Waals surface area contributed by atoms with Crippen molar-refractivity contribution < 1.29 is 14.3 Å². The molecule has 0 saturated carbocycles. The van der Waals surface area contributed by atoms with E-state index in [9.17, 15) is 9.59 Å². The first-order valence-electron chi connectivity index (χ1n) is 4.91. The number of hydrogen-bond donors (Lipinski definition) is 0. The molecule has 15 heavy (non-hydrogen) atoms. The van der Waals surface area contributed by atoms with E-state index < -0.39 is 5.97 Å². The molecule has 0 fully saturated rings. The molecule has 0 aliphatic carbocycles. The number of hydrogen-bond acceptors (Lipinski definition) is 3. The third-order valence-corrected chi connectivity index (χ3v) is 1.72. The fourth-order valence-corrected chi connectivity index (χ4v) is 1.01. The molecule has 84 valence electrons. The van der Waals surface area contributed by atoms with Crippen molar-refractivity contribution in [1.29, 1.82) is 0 Å². The minimum absolute atomic E-state index is 0.0426. The monoisotopic (exact) mass is 211 g/mol. The number of amides is 1. The second-order valence-corrected chi connectivity index (χ2v) is 3.21. The van der Waals surface area contributed by atoms with Crippen LogP contribution in [-0.4, -0.2) is 36.0 Å². The van der Waals surface area contributed by atoms with Crippen LogP contribution in [0, 0.1) is 11.8 Å². The fourth-order valence-electron chi connectivity index (χ4n) is 1.01. The zero-order valence-electron chi connectivity index (χ0n) is 9.66. The number of nitrogens with zero attached hydrogens (tertiary/aromatic N) is 1. The van der Waals surface area contributed by atoms with Gasteiger partial charge in [0.1, 0.15) is 6.54 Å². The van der Waals surface area contributed by atoms with Crippen LogP contribution in [0.4, 0.5) is 0 Å². The van der Waals surface area contributed by atoms with Crippen molar-refractivity contribution in [1.82, 2.24) is 4.90 Å². The van der Waals surface area contributed by atoms with E-state index >= 15 is 0 Å². The van der Waals surface area contributed by atoms with E-state index in [4.69, 9.17) is 4.74 Å². The minimum atomic E-state index is -0.405. The van der Waals surface area contributed by atoms with E-state index in [1.807, 2.05) is 13.8 Å². The molecule has 1 amide bonds. The van der Waals surface area contributed by atoms with Crippen LogP contribution in [0.1, 0.15) is 27.7 Å². The van der Waals surface area contributed by atoms with E-state index in [2.05, 4.69) is 11.8 Å². The van der Waals surface area contributed by atoms with Crippen LogP contribution >= 0.6 is 0 Å². The third kappa shape index (κ3) is 5.06. The zero-order chi connectivity index (χ0) is 11.8. The standard InChI is InChI=1S/C11H17NO3/c1-5-7-10(13)12(9(3)4)8-11(14)15-6-2/h9H,6,8H2,1-4H3. The molecular formula is C11H17NO3. The maximum Gasteiger partial charge on any atom is 0.325 e. The van der Waals surface area contributed by atoms with Gasteiger partial charge < -0.3 is 9.64 Å². The van der Waals surface area contributed by atoms with Crippen molar-refractivity contribution >= 4 is 11.9 Å². The third-order valence-electron chi connectivity index (χ3n) is 1.72. The number of esters is 1. The Kier molecular flexibility index (Phi) is 6.19. The summed E-state index contributed by atoms with van der Waals surface area (Å²) >= 11 is 0. The van der Waals surface area contributed by atoms with Gasteiger partial charge in [-0.1, -0.05) is 5.92 Å². The summed E-state index contributed by atoms with van der Waals surface area (Å²) in [6.07, 6.45) is 0. The van der Waals surface area contributed by atoms with Gasteiger partial charge in [0.05, 0.1) is 6.61 Å². The second-order valence-electron chi connectivity index (χ2n) is 3.21. The van der Waals surface area contributed by atoms with Crippen LogP contribution in [0.2, 0.25) is 0 Å². The SMILES string of the molecule is CC#CC(=O)N(CC(=O)OCC)C(C)C. The Morgan fingerprint density at radius 2 is 2.00 bits per heavy atom. The van der Waals surface area contributed by atoms with Gasteiger partial charge in [-0.25, -0.2) is 0 Å². The van der Waals surface area contributed by atoms with E-state index in [0.717, 1.165) is 0 Å². The van der Waals surface area contributed by atoms with Gasteiger partial charge >= 0.3 is 5.97 Å². The molecule has 0 aromatic rings. The Morgan fingerprint density at radius 1 is 1.40 bits per heavy atom. The fraction of sp³-hybridized carbons (Fsp3) is 0.636. The molecule has 0 bridgehead atoms. The van der Waals surface area contributed by atoms with Gasteiger partial charge in [-0.3, -0.25) is 9.59 Å². The summed E-state index contributed by atoms with van der Waals surface area (Å²) in [6, 6.07) is -0.0669. The highest BCUT2D eigenvalue weighted by molar-refractivity contribution is 5.95. The molecule has 0 aliphatic heterocycles. The van der Waals surface area contributed by atoms with E-state index in [-0.39, 0.29) is 18.5 Å². The lowest BCUT2D eigenvalue weighted by molar-refractivity contribution is -0.148. The van der Waals surface area contributed by atoms with Gasteiger partial charge in [-0.15, -0.1) is 0 Å². The van der Waals surface area contributed by atoms with E-state index in [1.165, 1.54) is 4.90 Å². The first-order chi connectivity index (χ1) is 7.02. The van der Waals surface area contributed by atoms with Gasteiger partial charge in [0.25, 0.3) is 5.91 Å². The van der Waals surface area contributed by atoms with Gasteiger partial charge in [-0.05, 0) is 33.6 Å². The van der Waals surface area contributed by atoms with Crippen LogP contribution in [0.5, 0.6) is 0 Å². The van der Waals surface area contributed by atoms with Crippen molar-refractivity contribution in [3.63, 3.8) is 0 Å². The van der Waals surface area contributed by atoms with Crippen LogP contribution in [-0.2, 0) is 14.3 Å².